The average Bonchev–Trinajstić information content (AvgIpc) is 3.74. The fourth-order valence-corrected chi connectivity index (χ4v) is 5.44. The van der Waals surface area contributed by atoms with E-state index in [9.17, 15) is 4.79 Å². The van der Waals surface area contributed by atoms with Crippen LogP contribution in [0.4, 0.5) is 17.3 Å². The first-order valence-corrected chi connectivity index (χ1v) is 13.5. The van der Waals surface area contributed by atoms with Gasteiger partial charge < -0.3 is 15.5 Å². The van der Waals surface area contributed by atoms with Gasteiger partial charge in [-0.3, -0.25) is 19.3 Å². The quantitative estimate of drug-likeness (QED) is 0.340. The van der Waals surface area contributed by atoms with Gasteiger partial charge in [-0.1, -0.05) is 0 Å². The monoisotopic (exact) mass is 560 g/mol. The SMILES string of the molecule is CN1CCCC(Nc2ccc(Nc3ncc4cc(Br)c(=O)n(Cc5nccnc5C5CC5)c4n3)cc2)C1. The fourth-order valence-electron chi connectivity index (χ4n) is 4.98. The molecular weight excluding hydrogens is 532 g/mol. The summed E-state index contributed by atoms with van der Waals surface area (Å²) in [5, 5.41) is 7.69. The number of benzene rings is 1. The van der Waals surface area contributed by atoms with Crippen LogP contribution in [0.5, 0.6) is 0 Å². The van der Waals surface area contributed by atoms with Crippen LogP contribution >= 0.6 is 15.9 Å². The van der Waals surface area contributed by atoms with Crippen LogP contribution in [0.1, 0.15) is 43.0 Å². The zero-order valence-electron chi connectivity index (χ0n) is 20.7. The molecule has 37 heavy (non-hydrogen) atoms. The zero-order valence-corrected chi connectivity index (χ0v) is 22.3. The van der Waals surface area contributed by atoms with Crippen molar-refractivity contribution >= 4 is 44.3 Å². The lowest BCUT2D eigenvalue weighted by Gasteiger charge is -2.30. The standard InChI is InChI=1S/C27H29BrN8O/c1-35-12-2-3-21(15-35)32-19-6-8-20(9-7-19)33-27-31-14-18-13-22(28)26(37)36(25(18)34-27)16-23-24(17-4-5-17)30-11-10-29-23/h6-11,13-14,17,21,32H,2-5,12,15-16H2,1H3,(H,31,33,34). The van der Waals surface area contributed by atoms with Crippen molar-refractivity contribution in [3.05, 3.63) is 75.1 Å². The van der Waals surface area contributed by atoms with Gasteiger partial charge in [0.2, 0.25) is 5.95 Å². The number of likely N-dealkylation sites (tertiary alicyclic amines) is 1. The summed E-state index contributed by atoms with van der Waals surface area (Å²) in [7, 11) is 2.17. The molecular formula is C27H29BrN8O. The molecule has 1 saturated carbocycles. The molecule has 1 aliphatic heterocycles. The molecule has 0 radical (unpaired) electrons. The van der Waals surface area contributed by atoms with Crippen LogP contribution in [0, 0.1) is 0 Å². The van der Waals surface area contributed by atoms with E-state index in [0.717, 1.165) is 54.1 Å². The number of aromatic nitrogens is 5. The Balaban J connectivity index is 1.25. The molecule has 2 aliphatic rings. The first kappa shape index (κ1) is 24.0. The van der Waals surface area contributed by atoms with Crippen molar-refractivity contribution in [1.82, 2.24) is 29.4 Å². The van der Waals surface area contributed by atoms with Crippen molar-refractivity contribution < 1.29 is 0 Å². The number of hydrogen-bond donors (Lipinski definition) is 2. The third-order valence-corrected chi connectivity index (χ3v) is 7.57. The van der Waals surface area contributed by atoms with Crippen LogP contribution in [-0.4, -0.2) is 55.6 Å². The Bertz CT molecular complexity index is 1480. The Morgan fingerprint density at radius 2 is 1.84 bits per heavy atom. The van der Waals surface area contributed by atoms with Crippen LogP contribution in [0.25, 0.3) is 11.0 Å². The summed E-state index contributed by atoms with van der Waals surface area (Å²) in [5.74, 6) is 0.861. The Labute approximate surface area is 223 Å². The minimum absolute atomic E-state index is 0.159. The highest BCUT2D eigenvalue weighted by atomic mass is 79.9. The van der Waals surface area contributed by atoms with E-state index in [-0.39, 0.29) is 5.56 Å². The summed E-state index contributed by atoms with van der Waals surface area (Å²) in [5.41, 5.74) is 4.16. The van der Waals surface area contributed by atoms with Gasteiger partial charge in [0.15, 0.2) is 0 Å². The highest BCUT2D eigenvalue weighted by Gasteiger charge is 2.28. The number of anilines is 3. The second-order valence-corrected chi connectivity index (χ2v) is 10.8. The van der Waals surface area contributed by atoms with Gasteiger partial charge in [0.05, 0.1) is 22.4 Å². The van der Waals surface area contributed by atoms with Crippen LogP contribution in [0.2, 0.25) is 0 Å². The summed E-state index contributed by atoms with van der Waals surface area (Å²) in [6, 6.07) is 10.4. The molecule has 4 heterocycles. The number of pyridine rings is 1. The van der Waals surface area contributed by atoms with Crippen molar-refractivity contribution in [2.75, 3.05) is 30.8 Å². The molecule has 2 fully saturated rings. The van der Waals surface area contributed by atoms with Gasteiger partial charge in [-0.2, -0.15) is 4.98 Å². The molecule has 1 aliphatic carbocycles. The fraction of sp³-hybridized carbons (Fsp3) is 0.370. The second-order valence-electron chi connectivity index (χ2n) is 9.97. The Kier molecular flexibility index (Phi) is 6.60. The molecule has 4 aromatic rings. The molecule has 1 atom stereocenters. The van der Waals surface area contributed by atoms with E-state index in [1.807, 2.05) is 12.1 Å². The number of hydrogen-bond acceptors (Lipinski definition) is 8. The number of nitrogens with one attached hydrogen (secondary N) is 2. The summed E-state index contributed by atoms with van der Waals surface area (Å²) >= 11 is 3.41. The molecule has 1 unspecified atom stereocenters. The van der Waals surface area contributed by atoms with Crippen molar-refractivity contribution in [2.24, 2.45) is 0 Å². The summed E-state index contributed by atoms with van der Waals surface area (Å²) in [6.07, 6.45) is 9.76. The largest absolute Gasteiger partial charge is 0.381 e. The molecule has 1 aromatic carbocycles. The summed E-state index contributed by atoms with van der Waals surface area (Å²) in [6.45, 7) is 2.53. The number of likely N-dealkylation sites (N-methyl/N-ethyl adjacent to an activating group) is 1. The lowest BCUT2D eigenvalue weighted by molar-refractivity contribution is 0.261. The molecule has 6 rings (SSSR count). The normalized spacial score (nSPS) is 18.2. The molecule has 1 saturated heterocycles. The van der Waals surface area contributed by atoms with Crippen molar-refractivity contribution in [2.45, 2.75) is 44.2 Å². The molecule has 9 nitrogen and oxygen atoms in total. The number of piperidine rings is 1. The van der Waals surface area contributed by atoms with Gasteiger partial charge in [0.25, 0.3) is 5.56 Å². The minimum Gasteiger partial charge on any atom is -0.381 e. The van der Waals surface area contributed by atoms with E-state index < -0.39 is 0 Å². The maximum absolute atomic E-state index is 13.2. The highest BCUT2D eigenvalue weighted by molar-refractivity contribution is 9.10. The topological polar surface area (TPSA) is 101 Å². The third-order valence-electron chi connectivity index (χ3n) is 7.00. The molecule has 190 valence electrons. The molecule has 2 N–H and O–H groups in total. The predicted octanol–water partition coefficient (Wildman–Crippen LogP) is 4.52. The van der Waals surface area contributed by atoms with Gasteiger partial charge in [-0.05, 0) is 85.5 Å². The number of halogens is 1. The van der Waals surface area contributed by atoms with E-state index in [1.54, 1.807) is 29.2 Å². The smallest absolute Gasteiger partial charge is 0.266 e. The van der Waals surface area contributed by atoms with E-state index >= 15 is 0 Å². The van der Waals surface area contributed by atoms with Gasteiger partial charge in [0, 0.05) is 53.9 Å². The highest BCUT2D eigenvalue weighted by Crippen LogP contribution is 2.40. The van der Waals surface area contributed by atoms with Gasteiger partial charge in [0.1, 0.15) is 5.65 Å². The van der Waals surface area contributed by atoms with Crippen molar-refractivity contribution in [1.29, 1.82) is 0 Å². The Morgan fingerprint density at radius 3 is 2.62 bits per heavy atom. The lowest BCUT2D eigenvalue weighted by atomic mass is 10.1. The van der Waals surface area contributed by atoms with Crippen molar-refractivity contribution in [3.63, 3.8) is 0 Å². The third kappa shape index (κ3) is 5.35. The first-order chi connectivity index (χ1) is 18.0. The number of fused-ring (bicyclic) bond motifs is 1. The molecule has 10 heteroatoms. The number of nitrogens with zero attached hydrogens (tertiary/aromatic N) is 6. The van der Waals surface area contributed by atoms with Crippen LogP contribution in [0.3, 0.4) is 0 Å². The van der Waals surface area contributed by atoms with Crippen LogP contribution < -0.4 is 16.2 Å². The average molecular weight is 561 g/mol. The van der Waals surface area contributed by atoms with Gasteiger partial charge in [-0.25, -0.2) is 4.98 Å². The Morgan fingerprint density at radius 1 is 1.05 bits per heavy atom. The predicted molar refractivity (Wildman–Crippen MR) is 148 cm³/mol. The van der Waals surface area contributed by atoms with E-state index in [4.69, 9.17) is 4.98 Å². The van der Waals surface area contributed by atoms with Gasteiger partial charge in [-0.15, -0.1) is 0 Å². The Hall–Kier alpha value is -3.37. The van der Waals surface area contributed by atoms with Crippen LogP contribution in [-0.2, 0) is 6.54 Å². The summed E-state index contributed by atoms with van der Waals surface area (Å²) in [4.78, 5) is 33.8. The van der Waals surface area contributed by atoms with E-state index in [0.29, 0.717) is 34.6 Å². The molecule has 0 spiro atoms. The first-order valence-electron chi connectivity index (χ1n) is 12.7. The number of rotatable bonds is 7. The maximum atomic E-state index is 13.2. The molecule has 0 bridgehead atoms. The van der Waals surface area contributed by atoms with Crippen molar-refractivity contribution in [3.8, 4) is 0 Å². The summed E-state index contributed by atoms with van der Waals surface area (Å²) < 4.78 is 2.12. The van der Waals surface area contributed by atoms with Crippen LogP contribution in [0.15, 0.2) is 58.2 Å². The zero-order chi connectivity index (χ0) is 25.4. The minimum atomic E-state index is -0.159. The molecule has 0 amide bonds. The lowest BCUT2D eigenvalue weighted by Crippen LogP contribution is -2.39. The molecule has 3 aromatic heterocycles. The van der Waals surface area contributed by atoms with E-state index in [1.165, 1.54) is 12.8 Å². The maximum Gasteiger partial charge on any atom is 0.266 e. The second kappa shape index (κ2) is 10.2. The van der Waals surface area contributed by atoms with Gasteiger partial charge >= 0.3 is 0 Å². The van der Waals surface area contributed by atoms with E-state index in [2.05, 4.69) is 65.6 Å².